The number of hydrogen-bond donors (Lipinski definition) is 1. The number of aromatic nitrogens is 3. The number of carbonyl (C=O) groups excluding carboxylic acids is 1. The van der Waals surface area contributed by atoms with Crippen molar-refractivity contribution in [3.05, 3.63) is 53.7 Å². The number of ether oxygens (including phenoxy) is 2. The first-order valence-corrected chi connectivity index (χ1v) is 12.4. The summed E-state index contributed by atoms with van der Waals surface area (Å²) in [5.74, 6) is 2.82. The number of amides is 1. The summed E-state index contributed by atoms with van der Waals surface area (Å²) < 4.78 is 10.7. The zero-order valence-electron chi connectivity index (χ0n) is 18.2. The van der Waals surface area contributed by atoms with Crippen LogP contribution in [-0.4, -0.2) is 40.8 Å². The van der Waals surface area contributed by atoms with Crippen molar-refractivity contribution >= 4 is 45.0 Å². The predicted octanol–water partition coefficient (Wildman–Crippen LogP) is 5.38. The zero-order valence-corrected chi connectivity index (χ0v) is 19.8. The summed E-state index contributed by atoms with van der Waals surface area (Å²) in [5, 5.41) is 7.16. The van der Waals surface area contributed by atoms with Crippen LogP contribution in [0.25, 0.3) is 22.2 Å². The second-order valence-corrected chi connectivity index (χ2v) is 9.44. The molecule has 7 nitrogen and oxygen atoms in total. The zero-order chi connectivity index (χ0) is 22.8. The third-order valence-corrected chi connectivity index (χ3v) is 7.05. The molecule has 1 aliphatic carbocycles. The molecule has 1 amide bonds. The molecule has 1 saturated carbocycles. The van der Waals surface area contributed by atoms with Gasteiger partial charge in [0.05, 0.1) is 31.2 Å². The average molecular weight is 479 g/mol. The molecular formula is C24H22N4O3S2. The third-order valence-electron chi connectivity index (χ3n) is 5.30. The van der Waals surface area contributed by atoms with Crippen LogP contribution in [0.15, 0.2) is 52.9 Å². The van der Waals surface area contributed by atoms with Gasteiger partial charge in [-0.1, -0.05) is 30.0 Å². The molecule has 0 spiro atoms. The highest BCUT2D eigenvalue weighted by Crippen LogP contribution is 2.40. The lowest BCUT2D eigenvalue weighted by molar-refractivity contribution is -0.113. The molecule has 0 radical (unpaired) electrons. The van der Waals surface area contributed by atoms with E-state index in [0.717, 1.165) is 45.9 Å². The molecule has 2 heterocycles. The number of thioether (sulfide) groups is 1. The molecule has 0 unspecified atom stereocenters. The summed E-state index contributed by atoms with van der Waals surface area (Å²) in [7, 11) is 3.22. The number of methoxy groups -OCH3 is 2. The van der Waals surface area contributed by atoms with Crippen LogP contribution < -0.4 is 14.8 Å². The van der Waals surface area contributed by atoms with E-state index in [0.29, 0.717) is 22.5 Å². The maximum Gasteiger partial charge on any atom is 0.236 e. The molecule has 33 heavy (non-hydrogen) atoms. The van der Waals surface area contributed by atoms with Crippen LogP contribution in [0.4, 0.5) is 5.13 Å². The van der Waals surface area contributed by atoms with Gasteiger partial charge in [-0.25, -0.2) is 15.0 Å². The number of nitrogens with zero attached hydrogens (tertiary/aromatic N) is 3. The summed E-state index contributed by atoms with van der Waals surface area (Å²) in [6.07, 6.45) is 2.27. The van der Waals surface area contributed by atoms with Gasteiger partial charge in [-0.15, -0.1) is 11.3 Å². The largest absolute Gasteiger partial charge is 0.497 e. The van der Waals surface area contributed by atoms with Crippen LogP contribution in [0, 0.1) is 0 Å². The Morgan fingerprint density at radius 2 is 1.97 bits per heavy atom. The van der Waals surface area contributed by atoms with E-state index in [1.807, 2.05) is 47.8 Å². The molecule has 2 aromatic heterocycles. The SMILES string of the molecule is COc1ccc(-c2csc(NC(=O)CSc3nc(C4CC4)nc4ccccc34)n2)c(OC)c1. The Balaban J connectivity index is 1.28. The molecule has 4 aromatic rings. The normalized spacial score (nSPS) is 13.2. The van der Waals surface area contributed by atoms with Crippen molar-refractivity contribution in [1.29, 1.82) is 0 Å². The molecular weight excluding hydrogens is 456 g/mol. The number of thiazole rings is 1. The highest BCUT2D eigenvalue weighted by Gasteiger charge is 2.27. The topological polar surface area (TPSA) is 86.2 Å². The molecule has 168 valence electrons. The van der Waals surface area contributed by atoms with Gasteiger partial charge in [0.15, 0.2) is 5.13 Å². The Kier molecular flexibility index (Phi) is 6.15. The number of hydrogen-bond acceptors (Lipinski definition) is 8. The number of para-hydroxylation sites is 1. The van der Waals surface area contributed by atoms with Gasteiger partial charge in [0.1, 0.15) is 22.3 Å². The predicted molar refractivity (Wildman–Crippen MR) is 132 cm³/mol. The number of carbonyl (C=O) groups is 1. The summed E-state index contributed by atoms with van der Waals surface area (Å²) >= 11 is 2.81. The van der Waals surface area contributed by atoms with Crippen LogP contribution in [0.5, 0.6) is 11.5 Å². The van der Waals surface area contributed by atoms with Gasteiger partial charge in [-0.2, -0.15) is 0 Å². The Morgan fingerprint density at radius 1 is 1.12 bits per heavy atom. The van der Waals surface area contributed by atoms with Crippen LogP contribution in [-0.2, 0) is 4.79 Å². The second-order valence-electron chi connectivity index (χ2n) is 7.62. The fourth-order valence-electron chi connectivity index (χ4n) is 3.45. The summed E-state index contributed by atoms with van der Waals surface area (Å²) in [4.78, 5) is 26.7. The van der Waals surface area contributed by atoms with Crippen LogP contribution in [0.2, 0.25) is 0 Å². The molecule has 1 fully saturated rings. The first-order valence-electron chi connectivity index (χ1n) is 10.5. The molecule has 0 saturated heterocycles. The first kappa shape index (κ1) is 21.7. The van der Waals surface area contributed by atoms with Crippen molar-refractivity contribution in [2.75, 3.05) is 25.3 Å². The smallest absolute Gasteiger partial charge is 0.236 e. The number of anilines is 1. The number of rotatable bonds is 8. The minimum Gasteiger partial charge on any atom is -0.497 e. The minimum atomic E-state index is -0.127. The fraction of sp³-hybridized carbons (Fsp3) is 0.250. The van der Waals surface area contributed by atoms with Gasteiger partial charge < -0.3 is 14.8 Å². The van der Waals surface area contributed by atoms with E-state index in [1.165, 1.54) is 23.1 Å². The molecule has 1 N–H and O–H groups in total. The quantitative estimate of drug-likeness (QED) is 0.269. The monoisotopic (exact) mass is 478 g/mol. The van der Waals surface area contributed by atoms with E-state index in [2.05, 4.69) is 10.3 Å². The first-order chi connectivity index (χ1) is 16.1. The summed E-state index contributed by atoms with van der Waals surface area (Å²) in [6.45, 7) is 0. The highest BCUT2D eigenvalue weighted by atomic mass is 32.2. The lowest BCUT2D eigenvalue weighted by atomic mass is 10.1. The van der Waals surface area contributed by atoms with Gasteiger partial charge in [-0.3, -0.25) is 4.79 Å². The van der Waals surface area contributed by atoms with E-state index < -0.39 is 0 Å². The summed E-state index contributed by atoms with van der Waals surface area (Å²) in [5.41, 5.74) is 2.50. The molecule has 5 rings (SSSR count). The Labute approximate surface area is 199 Å². The van der Waals surface area contributed by atoms with E-state index in [9.17, 15) is 4.79 Å². The Hall–Kier alpha value is -3.17. The Morgan fingerprint density at radius 3 is 2.76 bits per heavy atom. The molecule has 9 heteroatoms. The lowest BCUT2D eigenvalue weighted by Crippen LogP contribution is -2.14. The van der Waals surface area contributed by atoms with E-state index in [4.69, 9.17) is 19.4 Å². The van der Waals surface area contributed by atoms with Gasteiger partial charge in [-0.05, 0) is 31.0 Å². The molecule has 0 atom stereocenters. The van der Waals surface area contributed by atoms with E-state index in [1.54, 1.807) is 14.2 Å². The highest BCUT2D eigenvalue weighted by molar-refractivity contribution is 8.00. The Bertz CT molecular complexity index is 1320. The molecule has 1 aliphatic rings. The van der Waals surface area contributed by atoms with E-state index >= 15 is 0 Å². The van der Waals surface area contributed by atoms with Crippen molar-refractivity contribution in [1.82, 2.24) is 15.0 Å². The standard InChI is InChI=1S/C24H22N4O3S2/c1-30-15-9-10-16(20(11-15)31-2)19-12-33-24(26-19)27-21(29)13-32-23-17-5-3-4-6-18(17)25-22(28-23)14-7-8-14/h3-6,9-12,14H,7-8,13H2,1-2H3,(H,26,27,29). The third kappa shape index (κ3) is 4.79. The number of benzene rings is 2. The van der Waals surface area contributed by atoms with Crippen LogP contribution in [0.3, 0.4) is 0 Å². The average Bonchev–Trinajstić information content (AvgIpc) is 3.61. The number of nitrogens with one attached hydrogen (secondary N) is 1. The van der Waals surface area contributed by atoms with Crippen LogP contribution in [0.1, 0.15) is 24.6 Å². The summed E-state index contributed by atoms with van der Waals surface area (Å²) in [6, 6.07) is 13.5. The molecule has 0 bridgehead atoms. The molecule has 0 aliphatic heterocycles. The van der Waals surface area contributed by atoms with Gasteiger partial charge in [0.2, 0.25) is 5.91 Å². The van der Waals surface area contributed by atoms with Crippen molar-refractivity contribution < 1.29 is 14.3 Å². The van der Waals surface area contributed by atoms with Crippen molar-refractivity contribution in [2.24, 2.45) is 0 Å². The minimum absolute atomic E-state index is 0.127. The van der Waals surface area contributed by atoms with Crippen molar-refractivity contribution in [3.63, 3.8) is 0 Å². The van der Waals surface area contributed by atoms with Gasteiger partial charge >= 0.3 is 0 Å². The van der Waals surface area contributed by atoms with Crippen LogP contribution >= 0.6 is 23.1 Å². The number of fused-ring (bicyclic) bond motifs is 1. The fourth-order valence-corrected chi connectivity index (χ4v) is 5.01. The van der Waals surface area contributed by atoms with E-state index in [-0.39, 0.29) is 11.7 Å². The van der Waals surface area contributed by atoms with Gasteiger partial charge in [0, 0.05) is 28.3 Å². The maximum absolute atomic E-state index is 12.7. The van der Waals surface area contributed by atoms with Gasteiger partial charge in [0.25, 0.3) is 0 Å². The maximum atomic E-state index is 12.7. The molecule has 2 aromatic carbocycles. The lowest BCUT2D eigenvalue weighted by Gasteiger charge is -2.08. The van der Waals surface area contributed by atoms with Crippen molar-refractivity contribution in [3.8, 4) is 22.8 Å². The van der Waals surface area contributed by atoms with Crippen molar-refractivity contribution in [2.45, 2.75) is 23.8 Å². The second kappa shape index (κ2) is 9.36.